The zero-order chi connectivity index (χ0) is 18.9. The van der Waals surface area contributed by atoms with Crippen molar-refractivity contribution in [1.29, 1.82) is 0 Å². The van der Waals surface area contributed by atoms with Gasteiger partial charge in [-0.3, -0.25) is 0 Å². The van der Waals surface area contributed by atoms with E-state index in [0.29, 0.717) is 17.8 Å². The highest BCUT2D eigenvalue weighted by Gasteiger charge is 2.22. The van der Waals surface area contributed by atoms with E-state index in [2.05, 4.69) is 54.0 Å². The van der Waals surface area contributed by atoms with E-state index in [0.717, 1.165) is 44.3 Å². The number of benzene rings is 2. The average Bonchev–Trinajstić information content (AvgIpc) is 2.71. The summed E-state index contributed by atoms with van der Waals surface area (Å²) in [5, 5.41) is 17.7. The minimum atomic E-state index is 0.362. The second-order valence-electron chi connectivity index (χ2n) is 7.73. The monoisotopic (exact) mass is 366 g/mol. The number of hydrogen-bond acceptors (Lipinski definition) is 3. The molecule has 1 aliphatic carbocycles. The molecule has 3 heteroatoms. The van der Waals surface area contributed by atoms with Gasteiger partial charge in [0.2, 0.25) is 0 Å². The van der Waals surface area contributed by atoms with Crippen molar-refractivity contribution >= 4 is 0 Å². The third-order valence-corrected chi connectivity index (χ3v) is 5.69. The minimum absolute atomic E-state index is 0.362. The van der Waals surface area contributed by atoms with Gasteiger partial charge in [0, 0.05) is 18.6 Å². The van der Waals surface area contributed by atoms with E-state index in [1.54, 1.807) is 0 Å². The third kappa shape index (κ3) is 5.82. The summed E-state index contributed by atoms with van der Waals surface area (Å²) in [4.78, 5) is 0. The maximum atomic E-state index is 10.2. The topological polar surface area (TPSA) is 44.3 Å². The third-order valence-electron chi connectivity index (χ3n) is 5.69. The second kappa shape index (κ2) is 10.5. The lowest BCUT2D eigenvalue weighted by atomic mass is 9.87. The van der Waals surface area contributed by atoms with Crippen molar-refractivity contribution < 1.29 is 5.11 Å². The predicted molar refractivity (Wildman–Crippen MR) is 113 cm³/mol. The highest BCUT2D eigenvalue weighted by Crippen LogP contribution is 2.34. The van der Waals surface area contributed by atoms with Crippen LogP contribution >= 0.6 is 0 Å². The first-order valence-electron chi connectivity index (χ1n) is 10.6. The van der Waals surface area contributed by atoms with Crippen LogP contribution in [-0.2, 0) is 12.8 Å². The van der Waals surface area contributed by atoms with Gasteiger partial charge in [-0.25, -0.2) is 0 Å². The highest BCUT2D eigenvalue weighted by atomic mass is 16.3. The smallest absolute Gasteiger partial charge is 0.119 e. The zero-order valence-corrected chi connectivity index (χ0v) is 16.6. The van der Waals surface area contributed by atoms with Gasteiger partial charge in [0.05, 0.1) is 0 Å². The molecule has 0 heterocycles. The maximum absolute atomic E-state index is 10.2. The number of hydrogen-bond donors (Lipinski definition) is 3. The van der Waals surface area contributed by atoms with Crippen molar-refractivity contribution in [2.45, 2.75) is 64.0 Å². The van der Waals surface area contributed by atoms with Gasteiger partial charge in [-0.1, -0.05) is 62.2 Å². The summed E-state index contributed by atoms with van der Waals surface area (Å²) in [5.74, 6) is 0.461. The largest absolute Gasteiger partial charge is 0.508 e. The van der Waals surface area contributed by atoms with E-state index in [-0.39, 0.29) is 0 Å². The van der Waals surface area contributed by atoms with Crippen LogP contribution in [0.15, 0.2) is 48.5 Å². The number of nitrogens with one attached hydrogen (secondary N) is 2. The Labute approximate surface area is 164 Å². The van der Waals surface area contributed by atoms with Crippen LogP contribution in [0.25, 0.3) is 0 Å². The van der Waals surface area contributed by atoms with Gasteiger partial charge in [-0.05, 0) is 61.4 Å². The molecule has 0 fully saturated rings. The predicted octanol–water partition coefficient (Wildman–Crippen LogP) is 4.75. The van der Waals surface area contributed by atoms with Gasteiger partial charge >= 0.3 is 0 Å². The summed E-state index contributed by atoms with van der Waals surface area (Å²) in [6, 6.07) is 17.5. The van der Waals surface area contributed by atoms with Gasteiger partial charge in [-0.15, -0.1) is 0 Å². The molecule has 0 aliphatic heterocycles. The Morgan fingerprint density at radius 2 is 1.96 bits per heavy atom. The normalized spacial score (nSPS) is 17.4. The van der Waals surface area contributed by atoms with Crippen LogP contribution < -0.4 is 10.6 Å². The molecular weight excluding hydrogens is 332 g/mol. The van der Waals surface area contributed by atoms with Crippen molar-refractivity contribution in [1.82, 2.24) is 10.6 Å². The number of phenols is 1. The fourth-order valence-electron chi connectivity index (χ4n) is 4.12. The number of rotatable bonds is 10. The van der Waals surface area contributed by atoms with Crippen LogP contribution in [0.3, 0.4) is 0 Å². The van der Waals surface area contributed by atoms with E-state index in [4.69, 9.17) is 0 Å². The second-order valence-corrected chi connectivity index (χ2v) is 7.73. The minimum Gasteiger partial charge on any atom is -0.508 e. The first kappa shape index (κ1) is 19.9. The van der Waals surface area contributed by atoms with E-state index < -0.39 is 0 Å². The van der Waals surface area contributed by atoms with Gasteiger partial charge in [-0.2, -0.15) is 0 Å². The Hall–Kier alpha value is -1.84. The van der Waals surface area contributed by atoms with Gasteiger partial charge < -0.3 is 15.7 Å². The molecule has 3 nitrogen and oxygen atoms in total. The van der Waals surface area contributed by atoms with Crippen LogP contribution in [-0.4, -0.2) is 24.2 Å². The molecule has 0 saturated carbocycles. The molecule has 146 valence electrons. The molecule has 2 aromatic carbocycles. The molecule has 0 aromatic heterocycles. The summed E-state index contributed by atoms with van der Waals surface area (Å²) in [6.45, 7) is 4.26. The zero-order valence-electron chi connectivity index (χ0n) is 16.6. The summed E-state index contributed by atoms with van der Waals surface area (Å²) >= 11 is 0. The summed E-state index contributed by atoms with van der Waals surface area (Å²) in [6.07, 6.45) is 8.06. The Bertz CT molecular complexity index is 686. The molecule has 2 atom stereocenters. The SMILES string of the molecule is CCCCC(CNC1CCCc2c(O)cccc21)NCCc1ccccc1. The van der Waals surface area contributed by atoms with Crippen LogP contribution in [0.2, 0.25) is 0 Å². The molecule has 27 heavy (non-hydrogen) atoms. The fourth-order valence-corrected chi connectivity index (χ4v) is 4.12. The van der Waals surface area contributed by atoms with Crippen molar-refractivity contribution in [3.63, 3.8) is 0 Å². The van der Waals surface area contributed by atoms with Crippen LogP contribution in [0.1, 0.15) is 61.8 Å². The Morgan fingerprint density at radius 1 is 1.11 bits per heavy atom. The highest BCUT2D eigenvalue weighted by molar-refractivity contribution is 5.42. The molecule has 0 spiro atoms. The summed E-state index contributed by atoms with van der Waals surface area (Å²) < 4.78 is 0. The molecule has 2 aromatic rings. The lowest BCUT2D eigenvalue weighted by molar-refractivity contribution is 0.383. The first-order valence-corrected chi connectivity index (χ1v) is 10.6. The van der Waals surface area contributed by atoms with Gasteiger partial charge in [0.15, 0.2) is 0 Å². The van der Waals surface area contributed by atoms with Gasteiger partial charge in [0.1, 0.15) is 5.75 Å². The number of phenolic OH excluding ortho intramolecular Hbond substituents is 1. The molecule has 3 rings (SSSR count). The maximum Gasteiger partial charge on any atom is 0.119 e. The lowest BCUT2D eigenvalue weighted by Gasteiger charge is -2.29. The van der Waals surface area contributed by atoms with Crippen LogP contribution in [0.4, 0.5) is 0 Å². The van der Waals surface area contributed by atoms with Crippen molar-refractivity contribution in [3.05, 3.63) is 65.2 Å². The molecule has 3 N–H and O–H groups in total. The summed E-state index contributed by atoms with van der Waals surface area (Å²) in [7, 11) is 0. The number of fused-ring (bicyclic) bond motifs is 1. The summed E-state index contributed by atoms with van der Waals surface area (Å²) in [5.41, 5.74) is 3.83. The van der Waals surface area contributed by atoms with Gasteiger partial charge in [0.25, 0.3) is 0 Å². The first-order chi connectivity index (χ1) is 13.3. The van der Waals surface area contributed by atoms with Crippen LogP contribution in [0.5, 0.6) is 5.75 Å². The van der Waals surface area contributed by atoms with Crippen molar-refractivity contribution in [2.24, 2.45) is 0 Å². The lowest BCUT2D eigenvalue weighted by Crippen LogP contribution is -2.41. The van der Waals surface area contributed by atoms with Crippen LogP contribution in [0, 0.1) is 0 Å². The number of unbranched alkanes of at least 4 members (excludes halogenated alkanes) is 1. The Balaban J connectivity index is 1.53. The Kier molecular flexibility index (Phi) is 7.73. The molecule has 0 radical (unpaired) electrons. The Morgan fingerprint density at radius 3 is 2.78 bits per heavy atom. The van der Waals surface area contributed by atoms with Crippen molar-refractivity contribution in [2.75, 3.05) is 13.1 Å². The average molecular weight is 367 g/mol. The number of aromatic hydroxyl groups is 1. The molecule has 2 unspecified atom stereocenters. The molecule has 1 aliphatic rings. The standard InChI is InChI=1S/C24H34N2O/c1-2-3-11-20(25-17-16-19-9-5-4-6-10-19)18-26-23-14-7-13-22-21(23)12-8-15-24(22)27/h4-6,8-10,12,15,20,23,25-27H,2-3,7,11,13-14,16-18H2,1H3. The van der Waals surface area contributed by atoms with E-state index in [9.17, 15) is 5.11 Å². The molecule has 0 amide bonds. The van der Waals surface area contributed by atoms with E-state index >= 15 is 0 Å². The molecular formula is C24H34N2O. The van der Waals surface area contributed by atoms with E-state index in [1.165, 1.54) is 30.4 Å². The van der Waals surface area contributed by atoms with Crippen molar-refractivity contribution in [3.8, 4) is 5.75 Å². The molecule has 0 bridgehead atoms. The quantitative estimate of drug-likeness (QED) is 0.568. The molecule has 0 saturated heterocycles. The fraction of sp³-hybridized carbons (Fsp3) is 0.500. The van der Waals surface area contributed by atoms with E-state index in [1.807, 2.05) is 12.1 Å².